The Labute approximate surface area is 101 Å². The van der Waals surface area contributed by atoms with E-state index in [0.717, 1.165) is 22.6 Å². The van der Waals surface area contributed by atoms with Crippen LogP contribution >= 0.6 is 0 Å². The van der Waals surface area contributed by atoms with Crippen LogP contribution in [0, 0.1) is 18.3 Å². The number of hydrogen-bond acceptors (Lipinski definition) is 3. The van der Waals surface area contributed by atoms with E-state index in [1.807, 2.05) is 43.3 Å². The summed E-state index contributed by atoms with van der Waals surface area (Å²) >= 11 is 0. The minimum Gasteiger partial charge on any atom is -0.399 e. The molecule has 0 heterocycles. The topological polar surface area (TPSA) is 61.8 Å². The fraction of sp³-hybridized carbons (Fsp3) is 0.0714. The molecule has 0 radical (unpaired) electrons. The van der Waals surface area contributed by atoms with Crippen LogP contribution in [0.4, 0.5) is 17.1 Å². The smallest absolute Gasteiger partial charge is 0.101 e. The Hall–Kier alpha value is -2.47. The zero-order valence-corrected chi connectivity index (χ0v) is 9.57. The molecule has 0 atom stereocenters. The average Bonchev–Trinajstić information content (AvgIpc) is 2.34. The highest BCUT2D eigenvalue weighted by Crippen LogP contribution is 2.23. The first-order chi connectivity index (χ1) is 8.20. The summed E-state index contributed by atoms with van der Waals surface area (Å²) in [6.07, 6.45) is 0. The van der Waals surface area contributed by atoms with E-state index in [2.05, 4.69) is 11.4 Å². The molecule has 2 aromatic rings. The highest BCUT2D eigenvalue weighted by atomic mass is 14.9. The molecule has 0 aliphatic heterocycles. The van der Waals surface area contributed by atoms with Crippen LogP contribution in [0.1, 0.15) is 11.1 Å². The first-order valence-electron chi connectivity index (χ1n) is 5.33. The molecule has 3 nitrogen and oxygen atoms in total. The summed E-state index contributed by atoms with van der Waals surface area (Å²) in [5.74, 6) is 0. The van der Waals surface area contributed by atoms with Crippen LogP contribution in [-0.2, 0) is 0 Å². The summed E-state index contributed by atoms with van der Waals surface area (Å²) in [4.78, 5) is 0. The Bertz CT molecular complexity index is 582. The van der Waals surface area contributed by atoms with Crippen molar-refractivity contribution in [1.82, 2.24) is 0 Å². The third-order valence-electron chi connectivity index (χ3n) is 2.60. The molecule has 0 saturated carbocycles. The van der Waals surface area contributed by atoms with Crippen molar-refractivity contribution in [1.29, 1.82) is 5.26 Å². The zero-order chi connectivity index (χ0) is 12.3. The normalized spacial score (nSPS) is 9.65. The number of para-hydroxylation sites is 1. The Balaban J connectivity index is 2.32. The van der Waals surface area contributed by atoms with E-state index in [-0.39, 0.29) is 0 Å². The summed E-state index contributed by atoms with van der Waals surface area (Å²) in [7, 11) is 0. The average molecular weight is 223 g/mol. The monoisotopic (exact) mass is 223 g/mol. The number of nitrogens with zero attached hydrogens (tertiary/aromatic N) is 1. The maximum Gasteiger partial charge on any atom is 0.101 e. The second kappa shape index (κ2) is 4.58. The van der Waals surface area contributed by atoms with Gasteiger partial charge in [0.25, 0.3) is 0 Å². The van der Waals surface area contributed by atoms with E-state index in [0.29, 0.717) is 5.56 Å². The van der Waals surface area contributed by atoms with Crippen LogP contribution in [0.15, 0.2) is 42.5 Å². The number of nitrogens with one attached hydrogen (secondary N) is 1. The van der Waals surface area contributed by atoms with Gasteiger partial charge in [0.05, 0.1) is 11.3 Å². The van der Waals surface area contributed by atoms with Gasteiger partial charge in [0.15, 0.2) is 0 Å². The number of nitrogen functional groups attached to an aromatic ring is 1. The lowest BCUT2D eigenvalue weighted by Crippen LogP contribution is -1.95. The standard InChI is InChI=1S/C14H13N3/c1-10-8-12(6-7-13(10)16)17-14-5-3-2-4-11(14)9-15/h2-8,17H,16H2,1H3. The first kappa shape index (κ1) is 11.0. The summed E-state index contributed by atoms with van der Waals surface area (Å²) in [6, 6.07) is 15.3. The SMILES string of the molecule is Cc1cc(Nc2ccccc2C#N)ccc1N. The molecule has 17 heavy (non-hydrogen) atoms. The molecule has 0 unspecified atom stereocenters. The Morgan fingerprint density at radius 1 is 1.18 bits per heavy atom. The van der Waals surface area contributed by atoms with Gasteiger partial charge in [-0.1, -0.05) is 12.1 Å². The number of anilines is 3. The molecule has 3 N–H and O–H groups in total. The molecule has 0 spiro atoms. The van der Waals surface area contributed by atoms with Crippen molar-refractivity contribution < 1.29 is 0 Å². The molecule has 3 heteroatoms. The second-order valence-corrected chi connectivity index (χ2v) is 3.85. The van der Waals surface area contributed by atoms with Crippen molar-refractivity contribution >= 4 is 17.1 Å². The number of hydrogen-bond donors (Lipinski definition) is 2. The van der Waals surface area contributed by atoms with E-state index in [4.69, 9.17) is 11.0 Å². The summed E-state index contributed by atoms with van der Waals surface area (Å²) < 4.78 is 0. The Kier molecular flexibility index (Phi) is 2.97. The minimum atomic E-state index is 0.627. The molecule has 0 saturated heterocycles. The molecule has 0 aliphatic carbocycles. The number of nitriles is 1. The number of aryl methyl sites for hydroxylation is 1. The molecule has 2 aromatic carbocycles. The number of rotatable bonds is 2. The lowest BCUT2D eigenvalue weighted by atomic mass is 10.1. The molecule has 2 rings (SSSR count). The lowest BCUT2D eigenvalue weighted by molar-refractivity contribution is 1.43. The molecular formula is C14H13N3. The molecule has 0 fully saturated rings. The van der Waals surface area contributed by atoms with Crippen molar-refractivity contribution in [2.45, 2.75) is 6.92 Å². The van der Waals surface area contributed by atoms with Crippen LogP contribution in [0.3, 0.4) is 0 Å². The largest absolute Gasteiger partial charge is 0.399 e. The Morgan fingerprint density at radius 3 is 2.65 bits per heavy atom. The fourth-order valence-electron chi connectivity index (χ4n) is 1.60. The minimum absolute atomic E-state index is 0.627. The predicted molar refractivity (Wildman–Crippen MR) is 70.0 cm³/mol. The third-order valence-corrected chi connectivity index (χ3v) is 2.60. The van der Waals surface area contributed by atoms with E-state index >= 15 is 0 Å². The number of benzene rings is 2. The van der Waals surface area contributed by atoms with Crippen LogP contribution in [0.25, 0.3) is 0 Å². The fourth-order valence-corrected chi connectivity index (χ4v) is 1.60. The second-order valence-electron chi connectivity index (χ2n) is 3.85. The van der Waals surface area contributed by atoms with Gasteiger partial charge in [-0.25, -0.2) is 0 Å². The van der Waals surface area contributed by atoms with Crippen molar-refractivity contribution in [3.63, 3.8) is 0 Å². The summed E-state index contributed by atoms with van der Waals surface area (Å²) in [5.41, 5.74) is 9.91. The van der Waals surface area contributed by atoms with Gasteiger partial charge in [-0.15, -0.1) is 0 Å². The predicted octanol–water partition coefficient (Wildman–Crippen LogP) is 3.19. The van der Waals surface area contributed by atoms with Gasteiger partial charge in [0.2, 0.25) is 0 Å². The lowest BCUT2D eigenvalue weighted by Gasteiger charge is -2.09. The third kappa shape index (κ3) is 2.37. The van der Waals surface area contributed by atoms with E-state index in [1.54, 1.807) is 6.07 Å². The van der Waals surface area contributed by atoms with Crippen molar-refractivity contribution in [3.05, 3.63) is 53.6 Å². The molecule has 0 amide bonds. The molecular weight excluding hydrogens is 210 g/mol. The Morgan fingerprint density at radius 2 is 1.94 bits per heavy atom. The maximum atomic E-state index is 8.99. The highest BCUT2D eigenvalue weighted by Gasteiger charge is 2.01. The van der Waals surface area contributed by atoms with E-state index < -0.39 is 0 Å². The van der Waals surface area contributed by atoms with Crippen LogP contribution < -0.4 is 11.1 Å². The summed E-state index contributed by atoms with van der Waals surface area (Å²) in [6.45, 7) is 1.96. The molecule has 0 aromatic heterocycles. The molecule has 84 valence electrons. The van der Waals surface area contributed by atoms with Gasteiger partial charge in [-0.05, 0) is 42.8 Å². The van der Waals surface area contributed by atoms with Gasteiger partial charge in [-0.2, -0.15) is 5.26 Å². The van der Waals surface area contributed by atoms with E-state index in [9.17, 15) is 0 Å². The highest BCUT2D eigenvalue weighted by molar-refractivity contribution is 5.68. The van der Waals surface area contributed by atoms with Crippen molar-refractivity contribution in [3.8, 4) is 6.07 Å². The molecule has 0 bridgehead atoms. The van der Waals surface area contributed by atoms with Gasteiger partial charge in [0.1, 0.15) is 6.07 Å². The molecule has 0 aliphatic rings. The van der Waals surface area contributed by atoms with Crippen molar-refractivity contribution in [2.75, 3.05) is 11.1 Å². The van der Waals surface area contributed by atoms with Gasteiger partial charge >= 0.3 is 0 Å². The van der Waals surface area contributed by atoms with Crippen LogP contribution in [0.5, 0.6) is 0 Å². The first-order valence-corrected chi connectivity index (χ1v) is 5.33. The van der Waals surface area contributed by atoms with Crippen LogP contribution in [0.2, 0.25) is 0 Å². The number of nitrogens with two attached hydrogens (primary N) is 1. The van der Waals surface area contributed by atoms with Gasteiger partial charge in [-0.3, -0.25) is 0 Å². The van der Waals surface area contributed by atoms with Crippen molar-refractivity contribution in [2.24, 2.45) is 0 Å². The zero-order valence-electron chi connectivity index (χ0n) is 9.57. The maximum absolute atomic E-state index is 8.99. The van der Waals surface area contributed by atoms with Gasteiger partial charge < -0.3 is 11.1 Å². The van der Waals surface area contributed by atoms with Gasteiger partial charge in [0, 0.05) is 11.4 Å². The van der Waals surface area contributed by atoms with E-state index in [1.165, 1.54) is 0 Å². The quantitative estimate of drug-likeness (QED) is 0.768. The van der Waals surface area contributed by atoms with Crippen LogP contribution in [-0.4, -0.2) is 0 Å². The summed E-state index contributed by atoms with van der Waals surface area (Å²) in [5, 5.41) is 12.2.